The SMILES string of the molecule is Cc1cc(N)n(C(=O)c2nccs2)n1. The van der Waals surface area contributed by atoms with Crippen molar-refractivity contribution in [2.75, 3.05) is 5.73 Å². The second-order valence-corrected chi connectivity index (χ2v) is 3.66. The maximum atomic E-state index is 11.7. The zero-order valence-electron chi connectivity index (χ0n) is 7.47. The van der Waals surface area contributed by atoms with Crippen LogP contribution in [0.4, 0.5) is 5.82 Å². The number of carbonyl (C=O) groups excluding carboxylic acids is 1. The molecule has 0 spiro atoms. The Balaban J connectivity index is 2.41. The summed E-state index contributed by atoms with van der Waals surface area (Å²) in [6.45, 7) is 1.78. The maximum Gasteiger partial charge on any atom is 0.308 e. The maximum absolute atomic E-state index is 11.7. The second-order valence-electron chi connectivity index (χ2n) is 2.76. The van der Waals surface area contributed by atoms with Gasteiger partial charge in [-0.05, 0) is 6.92 Å². The Morgan fingerprint density at radius 2 is 2.43 bits per heavy atom. The number of nitrogen functional groups attached to an aromatic ring is 1. The smallest absolute Gasteiger partial charge is 0.308 e. The minimum Gasteiger partial charge on any atom is -0.383 e. The molecule has 0 radical (unpaired) electrons. The molecule has 2 N–H and O–H groups in total. The lowest BCUT2D eigenvalue weighted by molar-refractivity contribution is 0.0947. The van der Waals surface area contributed by atoms with Crippen LogP contribution in [0.25, 0.3) is 0 Å². The molecule has 0 aromatic carbocycles. The largest absolute Gasteiger partial charge is 0.383 e. The summed E-state index contributed by atoms with van der Waals surface area (Å²) in [6.07, 6.45) is 1.57. The first-order valence-electron chi connectivity index (χ1n) is 3.95. The fraction of sp³-hybridized carbons (Fsp3) is 0.125. The van der Waals surface area contributed by atoms with Crippen LogP contribution >= 0.6 is 11.3 Å². The predicted molar refractivity (Wildman–Crippen MR) is 53.2 cm³/mol. The molecule has 0 aliphatic rings. The van der Waals surface area contributed by atoms with Crippen LogP contribution in [0.2, 0.25) is 0 Å². The molecule has 0 amide bonds. The molecule has 14 heavy (non-hydrogen) atoms. The van der Waals surface area contributed by atoms with Gasteiger partial charge in [0.15, 0.2) is 5.01 Å². The lowest BCUT2D eigenvalue weighted by Gasteiger charge is -1.97. The fourth-order valence-corrected chi connectivity index (χ4v) is 1.66. The van der Waals surface area contributed by atoms with Crippen LogP contribution in [-0.2, 0) is 0 Å². The van der Waals surface area contributed by atoms with Gasteiger partial charge in [0.25, 0.3) is 0 Å². The van der Waals surface area contributed by atoms with Crippen molar-refractivity contribution in [1.29, 1.82) is 0 Å². The normalized spacial score (nSPS) is 10.4. The summed E-state index contributed by atoms with van der Waals surface area (Å²) in [4.78, 5) is 15.6. The molecule has 5 nitrogen and oxygen atoms in total. The van der Waals surface area contributed by atoms with Gasteiger partial charge in [-0.1, -0.05) is 0 Å². The minimum atomic E-state index is -0.286. The van der Waals surface area contributed by atoms with E-state index in [1.807, 2.05) is 0 Å². The summed E-state index contributed by atoms with van der Waals surface area (Å²) in [6, 6.07) is 1.64. The summed E-state index contributed by atoms with van der Waals surface area (Å²) >= 11 is 1.27. The molecule has 2 aromatic heterocycles. The second kappa shape index (κ2) is 3.22. The van der Waals surface area contributed by atoms with Crippen molar-refractivity contribution in [1.82, 2.24) is 14.8 Å². The van der Waals surface area contributed by atoms with E-state index in [9.17, 15) is 4.79 Å². The van der Waals surface area contributed by atoms with Gasteiger partial charge in [0, 0.05) is 17.6 Å². The van der Waals surface area contributed by atoms with E-state index < -0.39 is 0 Å². The molecule has 0 aliphatic carbocycles. The van der Waals surface area contributed by atoms with Gasteiger partial charge in [-0.3, -0.25) is 4.79 Å². The highest BCUT2D eigenvalue weighted by molar-refractivity contribution is 7.11. The monoisotopic (exact) mass is 208 g/mol. The van der Waals surface area contributed by atoms with Crippen LogP contribution in [0, 0.1) is 6.92 Å². The molecule has 0 bridgehead atoms. The van der Waals surface area contributed by atoms with Gasteiger partial charge in [0.1, 0.15) is 5.82 Å². The van der Waals surface area contributed by atoms with Crippen LogP contribution in [-0.4, -0.2) is 20.7 Å². The predicted octanol–water partition coefficient (Wildman–Crippen LogP) is 0.919. The molecule has 2 heterocycles. The number of carbonyl (C=O) groups is 1. The van der Waals surface area contributed by atoms with Crippen LogP contribution in [0.15, 0.2) is 17.6 Å². The first-order chi connectivity index (χ1) is 6.68. The van der Waals surface area contributed by atoms with Crippen molar-refractivity contribution in [2.24, 2.45) is 0 Å². The average Bonchev–Trinajstić information content (AvgIpc) is 2.73. The number of hydrogen-bond acceptors (Lipinski definition) is 5. The number of nitrogens with two attached hydrogens (primary N) is 1. The molecule has 0 fully saturated rings. The summed E-state index contributed by atoms with van der Waals surface area (Å²) in [5.41, 5.74) is 6.32. The third kappa shape index (κ3) is 1.39. The highest BCUT2D eigenvalue weighted by Crippen LogP contribution is 2.11. The molecule has 72 valence electrons. The van der Waals surface area contributed by atoms with Crippen molar-refractivity contribution in [3.05, 3.63) is 28.3 Å². The topological polar surface area (TPSA) is 73.8 Å². The van der Waals surface area contributed by atoms with Crippen molar-refractivity contribution in [3.8, 4) is 0 Å². The summed E-state index contributed by atoms with van der Waals surface area (Å²) in [5.74, 6) is 0.0494. The van der Waals surface area contributed by atoms with Gasteiger partial charge < -0.3 is 5.73 Å². The van der Waals surface area contributed by atoms with E-state index in [2.05, 4.69) is 10.1 Å². The summed E-state index contributed by atoms with van der Waals surface area (Å²) in [5, 5.41) is 6.10. The van der Waals surface area contributed by atoms with Gasteiger partial charge in [-0.15, -0.1) is 11.3 Å². The van der Waals surface area contributed by atoms with E-state index in [0.717, 1.165) is 4.68 Å². The number of anilines is 1. The minimum absolute atomic E-state index is 0.286. The number of nitrogens with zero attached hydrogens (tertiary/aromatic N) is 3. The van der Waals surface area contributed by atoms with Crippen molar-refractivity contribution in [2.45, 2.75) is 6.92 Å². The van der Waals surface area contributed by atoms with E-state index in [4.69, 9.17) is 5.73 Å². The molecular formula is C8H8N4OS. The molecule has 0 saturated heterocycles. The molecular weight excluding hydrogens is 200 g/mol. The number of aromatic nitrogens is 3. The zero-order chi connectivity index (χ0) is 10.1. The highest BCUT2D eigenvalue weighted by atomic mass is 32.1. The molecule has 2 aromatic rings. The summed E-state index contributed by atoms with van der Waals surface area (Å²) < 4.78 is 1.16. The Morgan fingerprint density at radius 3 is 2.93 bits per heavy atom. The van der Waals surface area contributed by atoms with Gasteiger partial charge >= 0.3 is 5.91 Å². The lowest BCUT2D eigenvalue weighted by atomic mass is 10.5. The Morgan fingerprint density at radius 1 is 1.64 bits per heavy atom. The van der Waals surface area contributed by atoms with Crippen molar-refractivity contribution in [3.63, 3.8) is 0 Å². The van der Waals surface area contributed by atoms with Crippen LogP contribution < -0.4 is 5.73 Å². The molecule has 0 aliphatic heterocycles. The molecule has 6 heteroatoms. The number of thiazole rings is 1. The Kier molecular flexibility index (Phi) is 2.05. The van der Waals surface area contributed by atoms with Crippen molar-refractivity contribution >= 4 is 23.1 Å². The van der Waals surface area contributed by atoms with Crippen LogP contribution in [0.1, 0.15) is 15.5 Å². The van der Waals surface area contributed by atoms with Gasteiger partial charge in [0.2, 0.25) is 0 Å². The summed E-state index contributed by atoms with van der Waals surface area (Å²) in [7, 11) is 0. The Bertz CT molecular complexity index is 460. The molecule has 0 atom stereocenters. The van der Waals surface area contributed by atoms with Gasteiger partial charge in [-0.25, -0.2) is 4.98 Å². The Hall–Kier alpha value is -1.69. The lowest BCUT2D eigenvalue weighted by Crippen LogP contribution is -2.15. The third-order valence-corrected chi connectivity index (χ3v) is 2.43. The van der Waals surface area contributed by atoms with Crippen molar-refractivity contribution < 1.29 is 4.79 Å². The van der Waals surface area contributed by atoms with E-state index in [1.165, 1.54) is 11.3 Å². The van der Waals surface area contributed by atoms with Crippen LogP contribution in [0.3, 0.4) is 0 Å². The van der Waals surface area contributed by atoms with E-state index >= 15 is 0 Å². The Labute approximate surface area is 84.2 Å². The molecule has 0 saturated carbocycles. The standard InChI is InChI=1S/C8H8N4OS/c1-5-4-6(9)12(11-5)8(13)7-10-2-3-14-7/h2-4H,9H2,1H3. The van der Waals surface area contributed by atoms with Gasteiger partial charge in [-0.2, -0.15) is 9.78 Å². The zero-order valence-corrected chi connectivity index (χ0v) is 8.28. The first kappa shape index (κ1) is 8.89. The van der Waals surface area contributed by atoms with E-state index in [0.29, 0.717) is 16.5 Å². The van der Waals surface area contributed by atoms with E-state index in [-0.39, 0.29) is 5.91 Å². The first-order valence-corrected chi connectivity index (χ1v) is 4.83. The van der Waals surface area contributed by atoms with E-state index in [1.54, 1.807) is 24.6 Å². The van der Waals surface area contributed by atoms with Crippen LogP contribution in [0.5, 0.6) is 0 Å². The third-order valence-electron chi connectivity index (χ3n) is 1.67. The molecule has 0 unspecified atom stereocenters. The number of hydrogen-bond donors (Lipinski definition) is 1. The fourth-order valence-electron chi connectivity index (χ4n) is 1.10. The average molecular weight is 208 g/mol. The number of aryl methyl sites for hydroxylation is 1. The quantitative estimate of drug-likeness (QED) is 0.756. The number of rotatable bonds is 1. The molecule has 2 rings (SSSR count). The highest BCUT2D eigenvalue weighted by Gasteiger charge is 2.14. The van der Waals surface area contributed by atoms with Gasteiger partial charge in [0.05, 0.1) is 5.69 Å².